The Bertz CT molecular complexity index is 922. The third-order valence-electron chi connectivity index (χ3n) is 5.80. The zero-order valence-electron chi connectivity index (χ0n) is 15.5. The number of aryl methyl sites for hydroxylation is 1. The van der Waals surface area contributed by atoms with Gasteiger partial charge in [-0.05, 0) is 80.5 Å². The van der Waals surface area contributed by atoms with Gasteiger partial charge in [0.05, 0.1) is 12.2 Å². The molecular weight excluding hydrogens is 352 g/mol. The van der Waals surface area contributed by atoms with Gasteiger partial charge in [0, 0.05) is 27.9 Å². The summed E-state index contributed by atoms with van der Waals surface area (Å²) >= 11 is 1.84. The molecule has 138 valence electrons. The summed E-state index contributed by atoms with van der Waals surface area (Å²) in [5, 5.41) is 0. The van der Waals surface area contributed by atoms with Crippen molar-refractivity contribution in [2.24, 2.45) is 0 Å². The van der Waals surface area contributed by atoms with Gasteiger partial charge in [0.1, 0.15) is 5.82 Å². The summed E-state index contributed by atoms with van der Waals surface area (Å²) in [6, 6.07) is 17.8. The van der Waals surface area contributed by atoms with Crippen molar-refractivity contribution >= 4 is 11.8 Å². The predicted molar refractivity (Wildman–Crippen MR) is 109 cm³/mol. The molecule has 2 atom stereocenters. The molecule has 27 heavy (non-hydrogen) atoms. The second kappa shape index (κ2) is 7.17. The Kier molecular flexibility index (Phi) is 4.54. The standard InChI is InChI=1S/C23H24N2OS/c1-16-24-11-12-25(16)19-5-9-22(10-6-19)27-23-4-2-3-17(15-23)18-13-20-7-8-21(14-18)26-20/h2-6,9-12,15,18,20-21H,7-8,13-14H2,1H3. The van der Waals surface area contributed by atoms with Crippen LogP contribution in [0.1, 0.15) is 43.0 Å². The Labute approximate surface area is 164 Å². The highest BCUT2D eigenvalue weighted by Gasteiger charge is 2.35. The summed E-state index contributed by atoms with van der Waals surface area (Å²) < 4.78 is 8.12. The van der Waals surface area contributed by atoms with E-state index in [1.54, 1.807) is 0 Å². The maximum atomic E-state index is 6.01. The maximum absolute atomic E-state index is 6.01. The molecule has 0 N–H and O–H groups in total. The van der Waals surface area contributed by atoms with Crippen molar-refractivity contribution in [2.45, 2.75) is 60.5 Å². The Morgan fingerprint density at radius 3 is 2.48 bits per heavy atom. The number of nitrogens with zero attached hydrogens (tertiary/aromatic N) is 2. The third kappa shape index (κ3) is 3.56. The van der Waals surface area contributed by atoms with E-state index in [1.807, 2.05) is 31.1 Å². The SMILES string of the molecule is Cc1nccn1-c1ccc(Sc2cccc(C3CC4CCC(C3)O4)c2)cc1. The second-order valence-corrected chi connectivity index (χ2v) is 8.79. The van der Waals surface area contributed by atoms with Gasteiger partial charge in [-0.1, -0.05) is 23.9 Å². The fraction of sp³-hybridized carbons (Fsp3) is 0.348. The molecule has 0 aliphatic carbocycles. The van der Waals surface area contributed by atoms with Gasteiger partial charge in [-0.25, -0.2) is 4.98 Å². The lowest BCUT2D eigenvalue weighted by molar-refractivity contribution is -0.00382. The Hall–Kier alpha value is -2.04. The minimum absolute atomic E-state index is 0.490. The number of ether oxygens (including phenoxy) is 1. The van der Waals surface area contributed by atoms with E-state index in [-0.39, 0.29) is 0 Å². The highest BCUT2D eigenvalue weighted by molar-refractivity contribution is 7.99. The lowest BCUT2D eigenvalue weighted by atomic mass is 9.88. The van der Waals surface area contributed by atoms with Crippen molar-refractivity contribution in [1.82, 2.24) is 9.55 Å². The molecule has 0 saturated carbocycles. The quantitative estimate of drug-likeness (QED) is 0.579. The molecule has 2 aliphatic heterocycles. The van der Waals surface area contributed by atoms with Crippen molar-refractivity contribution in [3.63, 3.8) is 0 Å². The van der Waals surface area contributed by atoms with Crippen LogP contribution < -0.4 is 0 Å². The number of imidazole rings is 1. The molecule has 0 spiro atoms. The molecule has 3 heterocycles. The van der Waals surface area contributed by atoms with Gasteiger partial charge in [0.2, 0.25) is 0 Å². The molecule has 1 aromatic heterocycles. The summed E-state index contributed by atoms with van der Waals surface area (Å²) in [7, 11) is 0. The Morgan fingerprint density at radius 2 is 1.78 bits per heavy atom. The lowest BCUT2D eigenvalue weighted by Gasteiger charge is -2.28. The minimum atomic E-state index is 0.490. The normalized spacial score (nSPS) is 24.3. The first-order valence-electron chi connectivity index (χ1n) is 9.78. The number of aromatic nitrogens is 2. The van der Waals surface area contributed by atoms with E-state index in [1.165, 1.54) is 41.0 Å². The zero-order chi connectivity index (χ0) is 18.2. The van der Waals surface area contributed by atoms with Crippen molar-refractivity contribution in [3.05, 3.63) is 72.3 Å². The monoisotopic (exact) mass is 376 g/mol. The molecule has 4 heteroatoms. The van der Waals surface area contributed by atoms with Gasteiger partial charge in [0.25, 0.3) is 0 Å². The average Bonchev–Trinajstić information content (AvgIpc) is 3.27. The molecule has 3 aromatic rings. The van der Waals surface area contributed by atoms with Crippen LogP contribution in [0.15, 0.2) is 70.7 Å². The average molecular weight is 377 g/mol. The fourth-order valence-corrected chi connectivity index (χ4v) is 5.31. The van der Waals surface area contributed by atoms with Crippen LogP contribution in [0, 0.1) is 6.92 Å². The molecule has 5 rings (SSSR count). The molecule has 0 amide bonds. The lowest BCUT2D eigenvalue weighted by Crippen LogP contribution is -2.23. The second-order valence-electron chi connectivity index (χ2n) is 7.64. The number of rotatable bonds is 4. The summed E-state index contributed by atoms with van der Waals surface area (Å²) in [6.45, 7) is 2.02. The van der Waals surface area contributed by atoms with E-state index in [9.17, 15) is 0 Å². The van der Waals surface area contributed by atoms with Crippen molar-refractivity contribution in [1.29, 1.82) is 0 Å². The van der Waals surface area contributed by atoms with Crippen LogP contribution in [0.3, 0.4) is 0 Å². The number of hydrogen-bond donors (Lipinski definition) is 0. The Balaban J connectivity index is 1.32. The number of benzene rings is 2. The molecule has 3 nitrogen and oxygen atoms in total. The van der Waals surface area contributed by atoms with Crippen LogP contribution in [0.4, 0.5) is 0 Å². The van der Waals surface area contributed by atoms with Crippen LogP contribution in [0.5, 0.6) is 0 Å². The fourth-order valence-electron chi connectivity index (χ4n) is 4.42. The molecule has 2 saturated heterocycles. The van der Waals surface area contributed by atoms with Crippen LogP contribution in [0.25, 0.3) is 5.69 Å². The summed E-state index contributed by atoms with van der Waals surface area (Å²) in [4.78, 5) is 6.88. The molecule has 2 unspecified atom stereocenters. The first-order valence-corrected chi connectivity index (χ1v) is 10.6. The molecule has 0 radical (unpaired) electrons. The van der Waals surface area contributed by atoms with E-state index in [4.69, 9.17) is 4.74 Å². The van der Waals surface area contributed by atoms with Crippen LogP contribution in [0.2, 0.25) is 0 Å². The molecule has 2 aromatic carbocycles. The van der Waals surface area contributed by atoms with Crippen LogP contribution in [-0.4, -0.2) is 21.8 Å². The molecule has 2 fully saturated rings. The maximum Gasteiger partial charge on any atom is 0.110 e. The molecule has 2 aliphatic rings. The van der Waals surface area contributed by atoms with Gasteiger partial charge in [0.15, 0.2) is 0 Å². The highest BCUT2D eigenvalue weighted by atomic mass is 32.2. The van der Waals surface area contributed by atoms with Crippen molar-refractivity contribution in [2.75, 3.05) is 0 Å². The van der Waals surface area contributed by atoms with Gasteiger partial charge >= 0.3 is 0 Å². The highest BCUT2D eigenvalue weighted by Crippen LogP contribution is 2.42. The third-order valence-corrected chi connectivity index (χ3v) is 6.79. The van der Waals surface area contributed by atoms with Gasteiger partial charge in [-0.3, -0.25) is 0 Å². The van der Waals surface area contributed by atoms with E-state index < -0.39 is 0 Å². The zero-order valence-corrected chi connectivity index (χ0v) is 16.4. The Morgan fingerprint density at radius 1 is 1.00 bits per heavy atom. The topological polar surface area (TPSA) is 27.1 Å². The van der Waals surface area contributed by atoms with Crippen molar-refractivity contribution in [3.8, 4) is 5.69 Å². The summed E-state index contributed by atoms with van der Waals surface area (Å²) in [6.07, 6.45) is 9.69. The first kappa shape index (κ1) is 17.1. The van der Waals surface area contributed by atoms with Gasteiger partial charge in [-0.15, -0.1) is 0 Å². The van der Waals surface area contributed by atoms with Crippen LogP contribution in [-0.2, 0) is 4.74 Å². The first-order chi connectivity index (χ1) is 13.2. The van der Waals surface area contributed by atoms with Crippen LogP contribution >= 0.6 is 11.8 Å². The summed E-state index contributed by atoms with van der Waals surface area (Å²) in [5.74, 6) is 1.66. The van der Waals surface area contributed by atoms with E-state index in [0.717, 1.165) is 11.5 Å². The van der Waals surface area contributed by atoms with E-state index in [2.05, 4.69) is 58.1 Å². The van der Waals surface area contributed by atoms with Crippen molar-refractivity contribution < 1.29 is 4.74 Å². The number of hydrogen-bond acceptors (Lipinski definition) is 3. The molecular formula is C23H24N2OS. The summed E-state index contributed by atoms with van der Waals surface area (Å²) in [5.41, 5.74) is 2.63. The predicted octanol–water partition coefficient (Wildman–Crippen LogP) is 5.76. The van der Waals surface area contributed by atoms with E-state index >= 15 is 0 Å². The smallest absolute Gasteiger partial charge is 0.110 e. The van der Waals surface area contributed by atoms with E-state index in [0.29, 0.717) is 18.1 Å². The number of fused-ring (bicyclic) bond motifs is 2. The van der Waals surface area contributed by atoms with Gasteiger partial charge < -0.3 is 9.30 Å². The molecule has 2 bridgehead atoms. The minimum Gasteiger partial charge on any atom is -0.375 e. The van der Waals surface area contributed by atoms with Gasteiger partial charge in [-0.2, -0.15) is 0 Å². The largest absolute Gasteiger partial charge is 0.375 e.